The Kier molecular flexibility index (Phi) is 6.70. The summed E-state index contributed by atoms with van der Waals surface area (Å²) in [5, 5.41) is 8.63. The first kappa shape index (κ1) is 17.5. The summed E-state index contributed by atoms with van der Waals surface area (Å²) in [6, 6.07) is 0.900. The molecule has 1 aromatic heterocycles. The number of halogens is 1. The molecule has 0 bridgehead atoms. The maximum absolute atomic E-state index is 13.0. The van der Waals surface area contributed by atoms with Crippen LogP contribution in [0.2, 0.25) is 0 Å². The normalized spacial score (nSPS) is 13.0. The zero-order valence-corrected chi connectivity index (χ0v) is 12.6. The lowest BCUT2D eigenvalue weighted by molar-refractivity contribution is -0.137. The second-order valence-electron chi connectivity index (χ2n) is 4.73. The largest absolute Gasteiger partial charge is 0.481 e. The van der Waals surface area contributed by atoms with Crippen LogP contribution in [0.25, 0.3) is 0 Å². The lowest BCUT2D eigenvalue weighted by Crippen LogP contribution is -2.26. The molecule has 0 aliphatic carbocycles. The monoisotopic (exact) mass is 318 g/mol. The van der Waals surface area contributed by atoms with Crippen molar-refractivity contribution in [3.8, 4) is 0 Å². The third-order valence-electron chi connectivity index (χ3n) is 3.18. The Hall–Kier alpha value is -1.54. The van der Waals surface area contributed by atoms with Crippen LogP contribution in [0.15, 0.2) is 23.4 Å². The number of aromatic nitrogens is 1. The van der Waals surface area contributed by atoms with E-state index < -0.39 is 21.8 Å². The smallest absolute Gasteiger partial charge is 0.303 e. The van der Waals surface area contributed by atoms with Gasteiger partial charge in [-0.1, -0.05) is 13.3 Å². The molecule has 1 heterocycles. The van der Waals surface area contributed by atoms with E-state index in [2.05, 4.69) is 9.71 Å². The van der Waals surface area contributed by atoms with E-state index in [9.17, 15) is 17.6 Å². The van der Waals surface area contributed by atoms with Crippen LogP contribution in [0.4, 0.5) is 4.39 Å². The zero-order valence-electron chi connectivity index (χ0n) is 11.8. The van der Waals surface area contributed by atoms with E-state index >= 15 is 0 Å². The topological polar surface area (TPSA) is 96.4 Å². The fourth-order valence-electron chi connectivity index (χ4n) is 1.90. The van der Waals surface area contributed by atoms with Crippen molar-refractivity contribution in [1.82, 2.24) is 9.71 Å². The molecule has 0 fully saturated rings. The van der Waals surface area contributed by atoms with E-state index in [4.69, 9.17) is 5.11 Å². The number of hydrogen-bond donors (Lipinski definition) is 2. The fourth-order valence-corrected chi connectivity index (χ4v) is 2.92. The number of hydrogen-bond acceptors (Lipinski definition) is 4. The Balaban J connectivity index is 2.51. The molecule has 8 heteroatoms. The molecule has 0 radical (unpaired) electrons. The predicted octanol–water partition coefficient (Wildman–Crippen LogP) is 1.78. The second kappa shape index (κ2) is 8.04. The number of aliphatic carboxylic acids is 1. The maximum Gasteiger partial charge on any atom is 0.303 e. The van der Waals surface area contributed by atoms with Crippen LogP contribution < -0.4 is 4.72 Å². The Bertz CT molecular complexity index is 577. The summed E-state index contributed by atoms with van der Waals surface area (Å²) in [6.45, 7) is 2.11. The standard InChI is InChI=1S/C13H19FN2O4S/c1-2-10(3-4-13(17)18)5-6-16-21(19,20)12-7-11(14)8-15-9-12/h7-10,16H,2-6H2,1H3,(H,17,18). The molecule has 0 aliphatic rings. The summed E-state index contributed by atoms with van der Waals surface area (Å²) >= 11 is 0. The molecule has 118 valence electrons. The summed E-state index contributed by atoms with van der Waals surface area (Å²) in [7, 11) is -3.79. The van der Waals surface area contributed by atoms with Crippen molar-refractivity contribution in [2.45, 2.75) is 37.5 Å². The van der Waals surface area contributed by atoms with E-state index in [1.165, 1.54) is 0 Å². The highest BCUT2D eigenvalue weighted by Crippen LogP contribution is 2.15. The average Bonchev–Trinajstić information content (AvgIpc) is 2.42. The number of nitrogens with zero attached hydrogens (tertiary/aromatic N) is 1. The first-order chi connectivity index (χ1) is 9.85. The minimum atomic E-state index is -3.79. The number of sulfonamides is 1. The summed E-state index contributed by atoms with van der Waals surface area (Å²) < 4.78 is 39.2. The van der Waals surface area contributed by atoms with Gasteiger partial charge in [-0.3, -0.25) is 9.78 Å². The van der Waals surface area contributed by atoms with Gasteiger partial charge >= 0.3 is 5.97 Å². The molecule has 6 nitrogen and oxygen atoms in total. The summed E-state index contributed by atoms with van der Waals surface area (Å²) in [4.78, 5) is 13.8. The SMILES string of the molecule is CCC(CCNS(=O)(=O)c1cncc(F)c1)CCC(=O)O. The van der Waals surface area contributed by atoms with Crippen molar-refractivity contribution in [2.24, 2.45) is 5.92 Å². The molecule has 1 rings (SSSR count). The van der Waals surface area contributed by atoms with E-state index in [0.717, 1.165) is 24.9 Å². The summed E-state index contributed by atoms with van der Waals surface area (Å²) in [6.07, 6.45) is 3.89. The van der Waals surface area contributed by atoms with Crippen LogP contribution in [0, 0.1) is 11.7 Å². The lowest BCUT2D eigenvalue weighted by atomic mass is 9.97. The minimum absolute atomic E-state index is 0.0685. The highest BCUT2D eigenvalue weighted by molar-refractivity contribution is 7.89. The zero-order chi connectivity index (χ0) is 15.9. The fraction of sp³-hybridized carbons (Fsp3) is 0.538. The van der Waals surface area contributed by atoms with Crippen molar-refractivity contribution in [2.75, 3.05) is 6.54 Å². The molecular formula is C13H19FN2O4S. The molecule has 0 saturated heterocycles. The van der Waals surface area contributed by atoms with Gasteiger partial charge in [0.05, 0.1) is 6.20 Å². The molecule has 0 spiro atoms. The first-order valence-electron chi connectivity index (χ1n) is 6.67. The van der Waals surface area contributed by atoms with Crippen molar-refractivity contribution in [1.29, 1.82) is 0 Å². The Morgan fingerprint density at radius 2 is 2.14 bits per heavy atom. The number of carboxylic acids is 1. The van der Waals surface area contributed by atoms with Crippen molar-refractivity contribution >= 4 is 16.0 Å². The summed E-state index contributed by atoms with van der Waals surface area (Å²) in [5.41, 5.74) is 0. The molecule has 1 aromatic rings. The van der Waals surface area contributed by atoms with Gasteiger partial charge in [0.1, 0.15) is 10.7 Å². The van der Waals surface area contributed by atoms with Gasteiger partial charge in [-0.2, -0.15) is 0 Å². The Morgan fingerprint density at radius 3 is 2.71 bits per heavy atom. The van der Waals surface area contributed by atoms with Crippen LogP contribution in [0.1, 0.15) is 32.6 Å². The molecule has 1 atom stereocenters. The van der Waals surface area contributed by atoms with Gasteiger partial charge in [-0.15, -0.1) is 0 Å². The number of carboxylic acid groups (broad SMARTS) is 1. The number of rotatable bonds is 9. The Morgan fingerprint density at radius 1 is 1.43 bits per heavy atom. The van der Waals surface area contributed by atoms with E-state index in [1.807, 2.05) is 6.92 Å². The van der Waals surface area contributed by atoms with Gasteiger partial charge in [0.15, 0.2) is 0 Å². The number of carbonyl (C=O) groups is 1. The van der Waals surface area contributed by atoms with Crippen molar-refractivity contribution < 1.29 is 22.7 Å². The highest BCUT2D eigenvalue weighted by atomic mass is 32.2. The van der Waals surface area contributed by atoms with E-state index in [1.54, 1.807) is 0 Å². The molecule has 2 N–H and O–H groups in total. The van der Waals surface area contributed by atoms with Crippen molar-refractivity contribution in [3.63, 3.8) is 0 Å². The molecule has 21 heavy (non-hydrogen) atoms. The van der Waals surface area contributed by atoms with Crippen molar-refractivity contribution in [3.05, 3.63) is 24.3 Å². The van der Waals surface area contributed by atoms with Gasteiger partial charge in [-0.25, -0.2) is 17.5 Å². The average molecular weight is 318 g/mol. The summed E-state index contributed by atoms with van der Waals surface area (Å²) in [5.74, 6) is -1.44. The second-order valence-corrected chi connectivity index (χ2v) is 6.50. The number of pyridine rings is 1. The molecule has 0 aromatic carbocycles. The predicted molar refractivity (Wildman–Crippen MR) is 74.7 cm³/mol. The van der Waals surface area contributed by atoms with Gasteiger partial charge in [0.2, 0.25) is 10.0 Å². The minimum Gasteiger partial charge on any atom is -0.481 e. The highest BCUT2D eigenvalue weighted by Gasteiger charge is 2.16. The van der Waals surface area contributed by atoms with Gasteiger partial charge in [-0.05, 0) is 24.8 Å². The quantitative estimate of drug-likeness (QED) is 0.723. The van der Waals surface area contributed by atoms with Crippen LogP contribution in [-0.4, -0.2) is 31.0 Å². The number of nitrogens with one attached hydrogen (secondary N) is 1. The van der Waals surface area contributed by atoms with Crippen LogP contribution in [0.3, 0.4) is 0 Å². The molecular weight excluding hydrogens is 299 g/mol. The first-order valence-corrected chi connectivity index (χ1v) is 8.15. The van der Waals surface area contributed by atoms with E-state index in [0.29, 0.717) is 12.8 Å². The van der Waals surface area contributed by atoms with Crippen LogP contribution >= 0.6 is 0 Å². The van der Waals surface area contributed by atoms with Gasteiger partial charge < -0.3 is 5.11 Å². The molecule has 1 unspecified atom stereocenters. The third kappa shape index (κ3) is 6.17. The van der Waals surface area contributed by atoms with Gasteiger partial charge in [0.25, 0.3) is 0 Å². The van der Waals surface area contributed by atoms with Gasteiger partial charge in [0, 0.05) is 19.2 Å². The van der Waals surface area contributed by atoms with Crippen LogP contribution in [0.5, 0.6) is 0 Å². The lowest BCUT2D eigenvalue weighted by Gasteiger charge is -2.14. The van der Waals surface area contributed by atoms with Crippen LogP contribution in [-0.2, 0) is 14.8 Å². The maximum atomic E-state index is 13.0. The van der Waals surface area contributed by atoms with E-state index in [-0.39, 0.29) is 23.8 Å². The Labute approximate surface area is 123 Å². The molecule has 0 saturated carbocycles. The molecule has 0 amide bonds. The molecule has 0 aliphatic heterocycles. The third-order valence-corrected chi connectivity index (χ3v) is 4.61.